The van der Waals surface area contributed by atoms with Crippen LogP contribution in [0, 0.1) is 17.8 Å². The van der Waals surface area contributed by atoms with Crippen molar-refractivity contribution in [2.45, 2.75) is 167 Å². The minimum atomic E-state index is -1.72. The SMILES string of the molecule is CC(C)C[C@H](NC(=O)[C@H](CCC(=O)O)NC(=O)[C@H](CCC(=O)O)NC(=O)[C@@H](NC(=O)[C@@H](NC(=O)[C@@H](NC(=O)[C@H](C)NC(=O)[C@H](Cc1ccccc1)NC(=O)[C@@H](N)CCCN=C(N)N)[C@@H](C)O)C(C)C)C(C)C)C(=O)O. The number of rotatable bonds is 34. The lowest BCUT2D eigenvalue weighted by Crippen LogP contribution is -2.63. The lowest BCUT2D eigenvalue weighted by molar-refractivity contribution is -0.143. The maximum atomic E-state index is 13.9. The van der Waals surface area contributed by atoms with Crippen LogP contribution in [0.5, 0.6) is 0 Å². The van der Waals surface area contributed by atoms with Gasteiger partial charge in [-0.25, -0.2) is 4.79 Å². The van der Waals surface area contributed by atoms with Gasteiger partial charge in [0.25, 0.3) is 0 Å². The maximum Gasteiger partial charge on any atom is 0.326 e. The number of guanidine groups is 1. The highest BCUT2D eigenvalue weighted by atomic mass is 16.4. The highest BCUT2D eigenvalue weighted by molar-refractivity contribution is 5.98. The molecule has 18 N–H and O–H groups in total. The Labute approximate surface area is 435 Å². The predicted octanol–water partition coefficient (Wildman–Crippen LogP) is -2.94. The van der Waals surface area contributed by atoms with Crippen LogP contribution in [-0.2, 0) is 59.2 Å². The quantitative estimate of drug-likeness (QED) is 0.0187. The first-order valence-corrected chi connectivity index (χ1v) is 24.6. The molecule has 0 aliphatic carbocycles. The summed E-state index contributed by atoms with van der Waals surface area (Å²) in [5.41, 5.74) is 17.4. The molecule has 0 saturated carbocycles. The van der Waals surface area contributed by atoms with E-state index in [4.69, 9.17) is 17.2 Å². The molecule has 0 radical (unpaired) electrons. The second-order valence-corrected chi connectivity index (χ2v) is 19.2. The molecule has 1 rings (SSSR count). The second-order valence-electron chi connectivity index (χ2n) is 19.2. The van der Waals surface area contributed by atoms with Crippen molar-refractivity contribution >= 4 is 71.1 Å². The number of nitrogens with one attached hydrogen (secondary N) is 8. The molecule has 1 aromatic carbocycles. The van der Waals surface area contributed by atoms with Crippen LogP contribution in [0.1, 0.15) is 106 Å². The zero-order valence-electron chi connectivity index (χ0n) is 43.7. The lowest BCUT2D eigenvalue weighted by Gasteiger charge is -2.30. The van der Waals surface area contributed by atoms with Crippen LogP contribution in [-0.4, -0.2) is 159 Å². The summed E-state index contributed by atoms with van der Waals surface area (Å²) in [6, 6.07) is -4.32. The summed E-state index contributed by atoms with van der Waals surface area (Å²) in [5, 5.41) is 58.5. The van der Waals surface area contributed by atoms with Crippen molar-refractivity contribution in [2.24, 2.45) is 39.9 Å². The molecule has 420 valence electrons. The van der Waals surface area contributed by atoms with Crippen molar-refractivity contribution in [2.75, 3.05) is 6.54 Å². The van der Waals surface area contributed by atoms with Crippen LogP contribution in [0.2, 0.25) is 0 Å². The standard InChI is InChI=1S/C48H78N12O15/c1-23(2)21-33(47(74)75)57-42(69)30(16-18-34(62)63)54-41(68)31(17-19-35(64)65)55-44(71)36(24(3)4)58-45(72)37(25(5)6)59-46(73)38(27(8)61)60-39(66)26(7)53-43(70)32(22-28-13-10-9-11-14-28)56-40(67)29(49)15-12-20-52-48(50)51/h9-11,13-14,23-27,29-33,36-38,61H,12,15-22,49H2,1-8H3,(H,53,70)(H,54,68)(H,55,71)(H,56,67)(H,57,69)(H,58,72)(H,59,73)(H,60,66)(H,62,63)(H,64,65)(H,74,75)(H4,50,51,52)/t26-,27+,29-,30-,31-,32-,33-,36-,37-,38-/m0/s1. The van der Waals surface area contributed by atoms with E-state index in [1.165, 1.54) is 41.5 Å². The molecule has 0 fully saturated rings. The van der Waals surface area contributed by atoms with E-state index in [0.29, 0.717) is 12.0 Å². The topological polar surface area (TPSA) is 455 Å². The first kappa shape index (κ1) is 65.6. The van der Waals surface area contributed by atoms with Gasteiger partial charge in [0.1, 0.15) is 48.3 Å². The number of aliphatic hydroxyl groups is 1. The number of aliphatic hydroxyl groups excluding tert-OH is 1. The van der Waals surface area contributed by atoms with Gasteiger partial charge >= 0.3 is 17.9 Å². The molecule has 0 heterocycles. The highest BCUT2D eigenvalue weighted by Gasteiger charge is 2.37. The molecule has 0 aromatic heterocycles. The largest absolute Gasteiger partial charge is 0.481 e. The van der Waals surface area contributed by atoms with Crippen LogP contribution in [0.3, 0.4) is 0 Å². The number of aliphatic imine (C=N–C) groups is 1. The van der Waals surface area contributed by atoms with E-state index in [9.17, 15) is 73.2 Å². The van der Waals surface area contributed by atoms with Gasteiger partial charge in [0.05, 0.1) is 12.1 Å². The fourth-order valence-electron chi connectivity index (χ4n) is 7.18. The van der Waals surface area contributed by atoms with Gasteiger partial charge in [0, 0.05) is 25.8 Å². The van der Waals surface area contributed by atoms with Crippen LogP contribution in [0.4, 0.5) is 0 Å². The van der Waals surface area contributed by atoms with Crippen LogP contribution < -0.4 is 59.7 Å². The molecular weight excluding hydrogens is 985 g/mol. The third-order valence-corrected chi connectivity index (χ3v) is 11.4. The van der Waals surface area contributed by atoms with E-state index >= 15 is 0 Å². The monoisotopic (exact) mass is 1060 g/mol. The molecule has 8 amide bonds. The van der Waals surface area contributed by atoms with E-state index < -0.39 is 163 Å². The van der Waals surface area contributed by atoms with Gasteiger partial charge < -0.3 is 80.2 Å². The summed E-state index contributed by atoms with van der Waals surface area (Å²) in [7, 11) is 0. The number of hydrogen-bond acceptors (Lipinski definition) is 14. The van der Waals surface area contributed by atoms with Gasteiger partial charge in [-0.3, -0.25) is 52.9 Å². The number of carboxylic acids is 3. The van der Waals surface area contributed by atoms with Gasteiger partial charge in [0.15, 0.2) is 5.96 Å². The number of carbonyl (C=O) groups is 11. The molecule has 0 spiro atoms. The molecule has 0 saturated heterocycles. The molecule has 0 bridgehead atoms. The summed E-state index contributed by atoms with van der Waals surface area (Å²) in [4.78, 5) is 148. The number of aliphatic carboxylic acids is 3. The van der Waals surface area contributed by atoms with Crippen LogP contribution in [0.25, 0.3) is 0 Å². The maximum absolute atomic E-state index is 13.9. The molecule has 0 aliphatic heterocycles. The van der Waals surface area contributed by atoms with E-state index in [1.54, 1.807) is 44.2 Å². The first-order chi connectivity index (χ1) is 34.9. The Morgan fingerprint density at radius 3 is 1.39 bits per heavy atom. The number of carboxylic acid groups (broad SMARTS) is 3. The van der Waals surface area contributed by atoms with Crippen molar-refractivity contribution in [3.05, 3.63) is 35.9 Å². The number of benzene rings is 1. The number of hydrogen-bond donors (Lipinski definition) is 15. The fraction of sp³-hybridized carbons (Fsp3) is 0.625. The Morgan fingerprint density at radius 2 is 0.947 bits per heavy atom. The molecule has 75 heavy (non-hydrogen) atoms. The van der Waals surface area contributed by atoms with E-state index in [0.717, 1.165) is 0 Å². The lowest BCUT2D eigenvalue weighted by atomic mass is 9.98. The minimum absolute atomic E-state index is 0.00183. The number of amides is 8. The third kappa shape index (κ3) is 24.9. The normalized spacial score (nSPS) is 15.2. The zero-order valence-corrected chi connectivity index (χ0v) is 43.7. The average Bonchev–Trinajstić information content (AvgIpc) is 3.31. The molecule has 1 aromatic rings. The van der Waals surface area contributed by atoms with E-state index in [2.05, 4.69) is 47.5 Å². The van der Waals surface area contributed by atoms with Gasteiger partial charge in [0.2, 0.25) is 47.3 Å². The fourth-order valence-corrected chi connectivity index (χ4v) is 7.18. The Kier molecular flexibility index (Phi) is 28.6. The van der Waals surface area contributed by atoms with Crippen LogP contribution >= 0.6 is 0 Å². The minimum Gasteiger partial charge on any atom is -0.481 e. The predicted molar refractivity (Wildman–Crippen MR) is 271 cm³/mol. The number of carbonyl (C=O) groups excluding carboxylic acids is 8. The summed E-state index contributed by atoms with van der Waals surface area (Å²) in [6.07, 6.45) is -3.45. The number of nitrogens with zero attached hydrogens (tertiary/aromatic N) is 1. The Bertz CT molecular complexity index is 2150. The summed E-state index contributed by atoms with van der Waals surface area (Å²) in [5.74, 6) is -13.4. The van der Waals surface area contributed by atoms with E-state index in [1.807, 2.05) is 0 Å². The highest BCUT2D eigenvalue weighted by Crippen LogP contribution is 2.12. The van der Waals surface area contributed by atoms with Crippen molar-refractivity contribution in [1.82, 2.24) is 42.5 Å². The van der Waals surface area contributed by atoms with Gasteiger partial charge in [-0.2, -0.15) is 0 Å². The zero-order chi connectivity index (χ0) is 57.3. The van der Waals surface area contributed by atoms with Crippen molar-refractivity contribution < 1.29 is 73.2 Å². The molecule has 0 unspecified atom stereocenters. The molecule has 27 nitrogen and oxygen atoms in total. The third-order valence-electron chi connectivity index (χ3n) is 11.4. The average molecular weight is 1060 g/mol. The second kappa shape index (κ2) is 32.7. The molecule has 10 atom stereocenters. The molecular formula is C48H78N12O15. The van der Waals surface area contributed by atoms with Crippen molar-refractivity contribution in [1.29, 1.82) is 0 Å². The van der Waals surface area contributed by atoms with Crippen LogP contribution in [0.15, 0.2) is 35.3 Å². The van der Waals surface area contributed by atoms with Crippen molar-refractivity contribution in [3.63, 3.8) is 0 Å². The summed E-state index contributed by atoms with van der Waals surface area (Å²) < 4.78 is 0. The Hall–Kier alpha value is -7.42. The first-order valence-electron chi connectivity index (χ1n) is 24.6. The summed E-state index contributed by atoms with van der Waals surface area (Å²) >= 11 is 0. The Morgan fingerprint density at radius 1 is 0.520 bits per heavy atom. The smallest absolute Gasteiger partial charge is 0.326 e. The van der Waals surface area contributed by atoms with E-state index in [-0.39, 0.29) is 37.7 Å². The van der Waals surface area contributed by atoms with Gasteiger partial charge in [-0.15, -0.1) is 0 Å². The van der Waals surface area contributed by atoms with Gasteiger partial charge in [-0.05, 0) is 69.3 Å². The number of nitrogens with two attached hydrogens (primary N) is 3. The van der Waals surface area contributed by atoms with Crippen molar-refractivity contribution in [3.8, 4) is 0 Å². The molecule has 0 aliphatic rings. The summed E-state index contributed by atoms with van der Waals surface area (Å²) in [6.45, 7) is 12.2. The van der Waals surface area contributed by atoms with Gasteiger partial charge in [-0.1, -0.05) is 71.9 Å². The molecule has 27 heteroatoms. The Balaban J connectivity index is 3.28.